The van der Waals surface area contributed by atoms with E-state index in [-0.39, 0.29) is 13.0 Å². The van der Waals surface area contributed by atoms with E-state index < -0.39 is 19.1 Å². The van der Waals surface area contributed by atoms with Crippen molar-refractivity contribution in [2.75, 3.05) is 20.3 Å². The van der Waals surface area contributed by atoms with Gasteiger partial charge in [0.2, 0.25) is 0 Å². The Morgan fingerprint density at radius 3 is 2.72 bits per heavy atom. The summed E-state index contributed by atoms with van der Waals surface area (Å²) in [5.41, 5.74) is 0.604. The van der Waals surface area contributed by atoms with Crippen LogP contribution in [0.2, 0.25) is 0 Å². The molecule has 0 aromatic heterocycles. The predicted molar refractivity (Wildman–Crippen MR) is 67.1 cm³/mol. The van der Waals surface area contributed by atoms with Gasteiger partial charge in [-0.05, 0) is 18.2 Å². The maximum atomic E-state index is 11.8. The van der Waals surface area contributed by atoms with E-state index in [9.17, 15) is 13.9 Å². The zero-order valence-corrected chi connectivity index (χ0v) is 11.5. The molecule has 0 saturated heterocycles. The third-order valence-electron chi connectivity index (χ3n) is 2.33. The molecule has 3 nitrogen and oxygen atoms in total. The third kappa shape index (κ3) is 4.88. The van der Waals surface area contributed by atoms with Gasteiger partial charge in [-0.1, -0.05) is 15.9 Å². The maximum Gasteiger partial charge on any atom is 0.261 e. The molecule has 1 aromatic rings. The van der Waals surface area contributed by atoms with Crippen LogP contribution >= 0.6 is 15.9 Å². The van der Waals surface area contributed by atoms with E-state index in [1.54, 1.807) is 18.2 Å². The summed E-state index contributed by atoms with van der Waals surface area (Å²) in [6, 6.07) is 5.25. The molecule has 0 radical (unpaired) electrons. The molecule has 1 rings (SSSR count). The molecule has 1 aromatic carbocycles. The lowest BCUT2D eigenvalue weighted by atomic mass is 10.1. The first kappa shape index (κ1) is 15.3. The molecule has 0 heterocycles. The Kier molecular flexibility index (Phi) is 6.52. The Morgan fingerprint density at radius 2 is 2.11 bits per heavy atom. The molecule has 0 saturated carbocycles. The Labute approximate surface area is 113 Å². The van der Waals surface area contributed by atoms with Crippen LogP contribution in [-0.2, 0) is 4.74 Å². The molecule has 6 heteroatoms. The number of hydrogen-bond donors (Lipinski definition) is 1. The summed E-state index contributed by atoms with van der Waals surface area (Å²) in [7, 11) is 1.51. The molecular weight excluding hydrogens is 310 g/mol. The topological polar surface area (TPSA) is 38.7 Å². The van der Waals surface area contributed by atoms with E-state index in [1.807, 2.05) is 0 Å². The monoisotopic (exact) mass is 324 g/mol. The summed E-state index contributed by atoms with van der Waals surface area (Å²) >= 11 is 3.30. The minimum atomic E-state index is -2.48. The fraction of sp³-hybridized carbons (Fsp3) is 0.500. The van der Waals surface area contributed by atoms with Crippen molar-refractivity contribution in [1.29, 1.82) is 0 Å². The van der Waals surface area contributed by atoms with Crippen LogP contribution in [0.25, 0.3) is 0 Å². The van der Waals surface area contributed by atoms with Crippen molar-refractivity contribution in [2.45, 2.75) is 19.0 Å². The molecule has 0 aliphatic heterocycles. The molecule has 18 heavy (non-hydrogen) atoms. The number of aliphatic hydroxyl groups excluding tert-OH is 1. The number of rotatable bonds is 7. The lowest BCUT2D eigenvalue weighted by Gasteiger charge is -2.15. The normalized spacial score (nSPS) is 12.8. The first-order valence-electron chi connectivity index (χ1n) is 5.42. The van der Waals surface area contributed by atoms with Crippen molar-refractivity contribution < 1.29 is 23.4 Å². The van der Waals surface area contributed by atoms with Gasteiger partial charge in [0.15, 0.2) is 0 Å². The average Bonchev–Trinajstić information content (AvgIpc) is 2.34. The molecule has 0 bridgehead atoms. The fourth-order valence-electron chi connectivity index (χ4n) is 1.49. The highest BCUT2D eigenvalue weighted by Gasteiger charge is 2.14. The number of methoxy groups -OCH3 is 1. The minimum absolute atomic E-state index is 0.0706. The van der Waals surface area contributed by atoms with Crippen molar-refractivity contribution >= 4 is 15.9 Å². The van der Waals surface area contributed by atoms with Gasteiger partial charge in [-0.3, -0.25) is 0 Å². The van der Waals surface area contributed by atoms with Gasteiger partial charge in [0.25, 0.3) is 6.43 Å². The highest BCUT2D eigenvalue weighted by atomic mass is 79.9. The van der Waals surface area contributed by atoms with Gasteiger partial charge in [-0.2, -0.15) is 0 Å². The number of benzene rings is 1. The second-order valence-corrected chi connectivity index (χ2v) is 4.57. The zero-order valence-electron chi connectivity index (χ0n) is 9.91. The summed E-state index contributed by atoms with van der Waals surface area (Å²) in [5, 5.41) is 9.95. The molecule has 1 unspecified atom stereocenters. The van der Waals surface area contributed by atoms with E-state index >= 15 is 0 Å². The van der Waals surface area contributed by atoms with Crippen LogP contribution in [0.1, 0.15) is 18.1 Å². The highest BCUT2D eigenvalue weighted by Crippen LogP contribution is 2.30. The second-order valence-electron chi connectivity index (χ2n) is 3.66. The van der Waals surface area contributed by atoms with E-state index in [0.29, 0.717) is 11.3 Å². The number of hydrogen-bond acceptors (Lipinski definition) is 3. The molecule has 1 N–H and O–H groups in total. The van der Waals surface area contributed by atoms with Crippen LogP contribution in [0, 0.1) is 0 Å². The number of halogens is 3. The van der Waals surface area contributed by atoms with E-state index in [2.05, 4.69) is 15.9 Å². The Morgan fingerprint density at radius 1 is 1.39 bits per heavy atom. The summed E-state index contributed by atoms with van der Waals surface area (Å²) in [5.74, 6) is 0.555. The van der Waals surface area contributed by atoms with Gasteiger partial charge in [0.05, 0.1) is 13.2 Å². The zero-order chi connectivity index (χ0) is 13.5. The Bertz CT molecular complexity index is 374. The van der Waals surface area contributed by atoms with Crippen molar-refractivity contribution in [2.24, 2.45) is 0 Å². The third-order valence-corrected chi connectivity index (χ3v) is 2.82. The standard InChI is InChI=1S/C12H15BrF2O3/c1-17-11-3-2-8(13)6-9(11)10(16)4-5-18-7-12(14)15/h2-3,6,10,12,16H,4-5,7H2,1H3. The summed E-state index contributed by atoms with van der Waals surface area (Å²) in [4.78, 5) is 0. The Balaban J connectivity index is 2.55. The van der Waals surface area contributed by atoms with Crippen LogP contribution in [-0.4, -0.2) is 31.9 Å². The molecular formula is C12H15BrF2O3. The number of alkyl halides is 2. The van der Waals surface area contributed by atoms with Gasteiger partial charge < -0.3 is 14.6 Å². The largest absolute Gasteiger partial charge is 0.496 e. The molecule has 0 aliphatic rings. The lowest BCUT2D eigenvalue weighted by molar-refractivity contribution is 0.00460. The first-order chi connectivity index (χ1) is 8.54. The summed E-state index contributed by atoms with van der Waals surface area (Å²) < 4.78 is 34.3. The van der Waals surface area contributed by atoms with E-state index in [4.69, 9.17) is 9.47 Å². The van der Waals surface area contributed by atoms with Gasteiger partial charge in [0, 0.05) is 23.1 Å². The van der Waals surface area contributed by atoms with Gasteiger partial charge in [-0.25, -0.2) is 8.78 Å². The van der Waals surface area contributed by atoms with Crippen molar-refractivity contribution in [3.63, 3.8) is 0 Å². The predicted octanol–water partition coefficient (Wildman–Crippen LogP) is 3.16. The van der Waals surface area contributed by atoms with Crippen molar-refractivity contribution in [1.82, 2.24) is 0 Å². The average molecular weight is 325 g/mol. The van der Waals surface area contributed by atoms with Crippen molar-refractivity contribution in [3.05, 3.63) is 28.2 Å². The van der Waals surface area contributed by atoms with Crippen molar-refractivity contribution in [3.8, 4) is 5.75 Å². The van der Waals surface area contributed by atoms with Crippen LogP contribution < -0.4 is 4.74 Å². The SMILES string of the molecule is COc1ccc(Br)cc1C(O)CCOCC(F)F. The maximum absolute atomic E-state index is 11.8. The molecule has 0 fully saturated rings. The first-order valence-corrected chi connectivity index (χ1v) is 6.21. The van der Waals surface area contributed by atoms with Crippen LogP contribution in [0.3, 0.4) is 0 Å². The van der Waals surface area contributed by atoms with E-state index in [0.717, 1.165) is 4.47 Å². The van der Waals surface area contributed by atoms with Gasteiger partial charge in [0.1, 0.15) is 12.4 Å². The lowest BCUT2D eigenvalue weighted by Crippen LogP contribution is -2.09. The highest BCUT2D eigenvalue weighted by molar-refractivity contribution is 9.10. The molecule has 102 valence electrons. The summed E-state index contributed by atoms with van der Waals surface area (Å²) in [6.45, 7) is -0.538. The molecule has 0 amide bonds. The quantitative estimate of drug-likeness (QED) is 0.783. The molecule has 1 atom stereocenters. The minimum Gasteiger partial charge on any atom is -0.496 e. The number of aliphatic hydroxyl groups is 1. The number of ether oxygens (including phenoxy) is 2. The van der Waals surface area contributed by atoms with Crippen LogP contribution in [0.4, 0.5) is 8.78 Å². The Hall–Kier alpha value is -0.720. The molecule has 0 aliphatic carbocycles. The van der Waals surface area contributed by atoms with Gasteiger partial charge in [-0.15, -0.1) is 0 Å². The molecule has 0 spiro atoms. The van der Waals surface area contributed by atoms with E-state index in [1.165, 1.54) is 7.11 Å². The van der Waals surface area contributed by atoms with Gasteiger partial charge >= 0.3 is 0 Å². The smallest absolute Gasteiger partial charge is 0.261 e. The fourth-order valence-corrected chi connectivity index (χ4v) is 1.87. The summed E-state index contributed by atoms with van der Waals surface area (Å²) in [6.07, 6.45) is -3.06. The second kappa shape index (κ2) is 7.66. The van der Waals surface area contributed by atoms with Crippen LogP contribution in [0.15, 0.2) is 22.7 Å². The van der Waals surface area contributed by atoms with Crippen LogP contribution in [0.5, 0.6) is 5.75 Å².